The zero-order valence-electron chi connectivity index (χ0n) is 14.5. The lowest BCUT2D eigenvalue weighted by Gasteiger charge is -2.08. The van der Waals surface area contributed by atoms with E-state index in [1.807, 2.05) is 30.3 Å². The summed E-state index contributed by atoms with van der Waals surface area (Å²) in [5.41, 5.74) is 1.98. The maximum Gasteiger partial charge on any atom is 0.220 e. The number of pyridine rings is 1. The van der Waals surface area contributed by atoms with Crippen LogP contribution < -0.4 is 10.1 Å². The van der Waals surface area contributed by atoms with E-state index in [9.17, 15) is 9.18 Å². The van der Waals surface area contributed by atoms with E-state index >= 15 is 0 Å². The van der Waals surface area contributed by atoms with Gasteiger partial charge in [0.2, 0.25) is 11.8 Å². The Bertz CT molecular complexity index is 899. The third-order valence-electron chi connectivity index (χ3n) is 3.90. The van der Waals surface area contributed by atoms with Crippen molar-refractivity contribution in [2.24, 2.45) is 0 Å². The number of halogens is 2. The number of carbonyl (C=O) groups excluding carboxylic acids is 1. The van der Waals surface area contributed by atoms with Crippen LogP contribution >= 0.6 is 15.9 Å². The molecule has 0 aliphatic heterocycles. The topological polar surface area (TPSA) is 51.2 Å². The van der Waals surface area contributed by atoms with Gasteiger partial charge in [0.1, 0.15) is 11.6 Å². The quantitative estimate of drug-likeness (QED) is 0.574. The van der Waals surface area contributed by atoms with Crippen LogP contribution in [-0.2, 0) is 17.8 Å². The summed E-state index contributed by atoms with van der Waals surface area (Å²) in [5, 5.41) is 2.89. The summed E-state index contributed by atoms with van der Waals surface area (Å²) >= 11 is 3.49. The predicted octanol–water partition coefficient (Wildman–Crippen LogP) is 5.02. The molecular formula is C21H18BrFN2O2. The highest BCUT2D eigenvalue weighted by Gasteiger charge is 2.05. The van der Waals surface area contributed by atoms with Crippen molar-refractivity contribution < 1.29 is 13.9 Å². The highest BCUT2D eigenvalue weighted by molar-refractivity contribution is 9.10. The Morgan fingerprint density at radius 2 is 1.85 bits per heavy atom. The molecule has 1 heterocycles. The number of ether oxygens (including phenoxy) is 1. The molecule has 1 aromatic heterocycles. The maximum absolute atomic E-state index is 12.9. The maximum atomic E-state index is 12.9. The lowest BCUT2D eigenvalue weighted by Crippen LogP contribution is -2.23. The van der Waals surface area contributed by atoms with Gasteiger partial charge in [-0.15, -0.1) is 0 Å². The van der Waals surface area contributed by atoms with E-state index in [2.05, 4.69) is 26.2 Å². The average molecular weight is 429 g/mol. The van der Waals surface area contributed by atoms with Crippen molar-refractivity contribution in [3.8, 4) is 11.6 Å². The molecule has 0 atom stereocenters. The molecule has 0 unspecified atom stereocenters. The lowest BCUT2D eigenvalue weighted by atomic mass is 10.1. The molecular weight excluding hydrogens is 411 g/mol. The predicted molar refractivity (Wildman–Crippen MR) is 105 cm³/mol. The number of hydrogen-bond donors (Lipinski definition) is 1. The van der Waals surface area contributed by atoms with Crippen LogP contribution in [0.15, 0.2) is 71.3 Å². The first kappa shape index (κ1) is 19.0. The Balaban J connectivity index is 1.46. The molecule has 3 aromatic rings. The smallest absolute Gasteiger partial charge is 0.220 e. The van der Waals surface area contributed by atoms with Gasteiger partial charge in [-0.05, 0) is 47.9 Å². The first-order valence-electron chi connectivity index (χ1n) is 8.48. The molecule has 1 amide bonds. The Morgan fingerprint density at radius 3 is 2.56 bits per heavy atom. The zero-order chi connectivity index (χ0) is 19.1. The van der Waals surface area contributed by atoms with Gasteiger partial charge in [0, 0.05) is 29.7 Å². The summed E-state index contributed by atoms with van der Waals surface area (Å²) in [6, 6.07) is 17.2. The number of nitrogens with one attached hydrogen (secondary N) is 1. The molecule has 6 heteroatoms. The lowest BCUT2D eigenvalue weighted by molar-refractivity contribution is -0.121. The Morgan fingerprint density at radius 1 is 1.07 bits per heavy atom. The van der Waals surface area contributed by atoms with Gasteiger partial charge in [-0.3, -0.25) is 4.79 Å². The van der Waals surface area contributed by atoms with Crippen LogP contribution in [0.3, 0.4) is 0 Å². The van der Waals surface area contributed by atoms with Crippen molar-refractivity contribution >= 4 is 21.8 Å². The summed E-state index contributed by atoms with van der Waals surface area (Å²) in [7, 11) is 0. The number of benzene rings is 2. The molecule has 0 radical (unpaired) electrons. The van der Waals surface area contributed by atoms with Crippen LogP contribution in [0, 0.1) is 5.82 Å². The van der Waals surface area contributed by atoms with Crippen LogP contribution in [0.5, 0.6) is 11.6 Å². The monoisotopic (exact) mass is 428 g/mol. The standard InChI is InChI=1S/C21H18BrFN2O2/c22-19-4-2-1-3-16(19)6-11-20(26)24-13-15-5-12-21(25-14-15)27-18-9-7-17(23)8-10-18/h1-5,7-10,12,14H,6,11,13H2,(H,24,26). The van der Waals surface area contributed by atoms with E-state index in [-0.39, 0.29) is 11.7 Å². The molecule has 0 spiro atoms. The highest BCUT2D eigenvalue weighted by atomic mass is 79.9. The van der Waals surface area contributed by atoms with Crippen molar-refractivity contribution in [3.05, 3.63) is 88.3 Å². The van der Waals surface area contributed by atoms with Crippen molar-refractivity contribution in [2.75, 3.05) is 0 Å². The SMILES string of the molecule is O=C(CCc1ccccc1Br)NCc1ccc(Oc2ccc(F)cc2)nc1. The number of rotatable bonds is 7. The van der Waals surface area contributed by atoms with Crippen LogP contribution in [0.4, 0.5) is 4.39 Å². The summed E-state index contributed by atoms with van der Waals surface area (Å²) in [4.78, 5) is 16.2. The normalized spacial score (nSPS) is 10.4. The molecule has 4 nitrogen and oxygen atoms in total. The molecule has 2 aromatic carbocycles. The second-order valence-electron chi connectivity index (χ2n) is 5.93. The summed E-state index contributed by atoms with van der Waals surface area (Å²) < 4.78 is 19.4. The first-order chi connectivity index (χ1) is 13.1. The minimum Gasteiger partial charge on any atom is -0.439 e. The second kappa shape index (κ2) is 9.28. The number of nitrogens with zero attached hydrogens (tertiary/aromatic N) is 1. The fraction of sp³-hybridized carbons (Fsp3) is 0.143. The summed E-state index contributed by atoms with van der Waals surface area (Å²) in [5.74, 6) is 0.584. The fourth-order valence-corrected chi connectivity index (χ4v) is 2.92. The Hall–Kier alpha value is -2.73. The first-order valence-corrected chi connectivity index (χ1v) is 9.28. The molecule has 27 heavy (non-hydrogen) atoms. The molecule has 0 fully saturated rings. The van der Waals surface area contributed by atoms with Crippen molar-refractivity contribution in [1.29, 1.82) is 0 Å². The third kappa shape index (κ3) is 5.89. The van der Waals surface area contributed by atoms with Gasteiger partial charge in [-0.2, -0.15) is 0 Å². The van der Waals surface area contributed by atoms with Crippen molar-refractivity contribution in [2.45, 2.75) is 19.4 Å². The van der Waals surface area contributed by atoms with Gasteiger partial charge in [0.15, 0.2) is 0 Å². The third-order valence-corrected chi connectivity index (χ3v) is 4.68. The van der Waals surface area contributed by atoms with Crippen molar-refractivity contribution in [1.82, 2.24) is 10.3 Å². The van der Waals surface area contributed by atoms with Gasteiger partial charge >= 0.3 is 0 Å². The molecule has 3 rings (SSSR count). The van der Waals surface area contributed by atoms with Crippen LogP contribution in [0.25, 0.3) is 0 Å². The summed E-state index contributed by atoms with van der Waals surface area (Å²) in [6.07, 6.45) is 2.74. The van der Waals surface area contributed by atoms with E-state index in [0.717, 1.165) is 15.6 Å². The Kier molecular flexibility index (Phi) is 6.54. The minimum absolute atomic E-state index is 0.0163. The van der Waals surface area contributed by atoms with E-state index in [1.54, 1.807) is 12.3 Å². The number of aromatic nitrogens is 1. The van der Waals surface area contributed by atoms with Gasteiger partial charge in [0.05, 0.1) is 0 Å². The number of aryl methyl sites for hydroxylation is 1. The van der Waals surface area contributed by atoms with E-state index < -0.39 is 0 Å². The minimum atomic E-state index is -0.318. The molecule has 0 bridgehead atoms. The van der Waals surface area contributed by atoms with Crippen LogP contribution in [0.2, 0.25) is 0 Å². The van der Waals surface area contributed by atoms with E-state index in [4.69, 9.17) is 4.74 Å². The molecule has 0 saturated heterocycles. The molecule has 138 valence electrons. The van der Waals surface area contributed by atoms with Gasteiger partial charge < -0.3 is 10.1 Å². The molecule has 0 aliphatic rings. The second-order valence-corrected chi connectivity index (χ2v) is 6.78. The molecule has 0 aliphatic carbocycles. The zero-order valence-corrected chi connectivity index (χ0v) is 16.1. The molecule has 1 N–H and O–H groups in total. The number of hydrogen-bond acceptors (Lipinski definition) is 3. The van der Waals surface area contributed by atoms with Gasteiger partial charge in [-0.25, -0.2) is 9.37 Å². The van der Waals surface area contributed by atoms with E-state index in [1.165, 1.54) is 24.3 Å². The molecule has 0 saturated carbocycles. The number of carbonyl (C=O) groups is 1. The van der Waals surface area contributed by atoms with Gasteiger partial charge in [-0.1, -0.05) is 40.2 Å². The largest absolute Gasteiger partial charge is 0.439 e. The van der Waals surface area contributed by atoms with E-state index in [0.29, 0.717) is 31.0 Å². The van der Waals surface area contributed by atoms with Crippen molar-refractivity contribution in [3.63, 3.8) is 0 Å². The Labute approximate surface area is 165 Å². The number of amides is 1. The van der Waals surface area contributed by atoms with Crippen LogP contribution in [0.1, 0.15) is 17.5 Å². The average Bonchev–Trinajstić information content (AvgIpc) is 2.68. The fourth-order valence-electron chi connectivity index (χ4n) is 2.44. The van der Waals surface area contributed by atoms with Crippen LogP contribution in [-0.4, -0.2) is 10.9 Å². The summed E-state index contributed by atoms with van der Waals surface area (Å²) in [6.45, 7) is 0.401. The highest BCUT2D eigenvalue weighted by Crippen LogP contribution is 2.20. The van der Waals surface area contributed by atoms with Gasteiger partial charge in [0.25, 0.3) is 0 Å².